The van der Waals surface area contributed by atoms with Crippen LogP contribution < -0.4 is 11.1 Å². The quantitative estimate of drug-likeness (QED) is 0.515. The van der Waals surface area contributed by atoms with Gasteiger partial charge in [-0.15, -0.1) is 0 Å². The highest BCUT2D eigenvalue weighted by Crippen LogP contribution is 1.91. The topological polar surface area (TPSA) is 72.2 Å². The molecule has 0 aromatic heterocycles. The molecule has 0 spiro atoms. The van der Waals surface area contributed by atoms with Gasteiger partial charge in [0.05, 0.1) is 12.6 Å². The Morgan fingerprint density at radius 3 is 2.50 bits per heavy atom. The second-order valence-electron chi connectivity index (χ2n) is 1.90. The van der Waals surface area contributed by atoms with Crippen LogP contribution in [-0.2, 0) is 9.59 Å². The summed E-state index contributed by atoms with van der Waals surface area (Å²) in [6.45, 7) is 1.52. The van der Waals surface area contributed by atoms with Crippen molar-refractivity contribution in [1.82, 2.24) is 5.32 Å². The van der Waals surface area contributed by atoms with Gasteiger partial charge in [-0.1, -0.05) is 9.24 Å². The van der Waals surface area contributed by atoms with Gasteiger partial charge in [-0.25, -0.2) is 0 Å². The number of hydrogen-bond donors (Lipinski definition) is 2. The van der Waals surface area contributed by atoms with E-state index in [1.165, 1.54) is 0 Å². The molecule has 0 aromatic carbocycles. The van der Waals surface area contributed by atoms with Crippen molar-refractivity contribution in [1.29, 1.82) is 0 Å². The average molecular weight is 162 g/mol. The van der Waals surface area contributed by atoms with Crippen LogP contribution in [0.25, 0.3) is 0 Å². The summed E-state index contributed by atoms with van der Waals surface area (Å²) in [5.41, 5.74) is 4.84. The van der Waals surface area contributed by atoms with Gasteiger partial charge in [0.2, 0.25) is 5.91 Å². The van der Waals surface area contributed by atoms with E-state index in [4.69, 9.17) is 5.73 Å². The first kappa shape index (κ1) is 9.53. The summed E-state index contributed by atoms with van der Waals surface area (Å²) in [4.78, 5) is 21.0. The minimum absolute atomic E-state index is 0.0811. The van der Waals surface area contributed by atoms with Crippen LogP contribution in [0.4, 0.5) is 0 Å². The van der Waals surface area contributed by atoms with E-state index in [9.17, 15) is 9.59 Å². The summed E-state index contributed by atoms with van der Waals surface area (Å²) in [5.74, 6) is -0.316. The molecule has 0 bridgehead atoms. The fourth-order valence-corrected chi connectivity index (χ4v) is 0.455. The van der Waals surface area contributed by atoms with E-state index < -0.39 is 6.04 Å². The second-order valence-corrected chi connectivity index (χ2v) is 2.46. The van der Waals surface area contributed by atoms with Crippen molar-refractivity contribution in [3.63, 3.8) is 0 Å². The van der Waals surface area contributed by atoms with Crippen molar-refractivity contribution in [2.75, 3.05) is 6.54 Å². The Morgan fingerprint density at radius 1 is 1.70 bits per heavy atom. The van der Waals surface area contributed by atoms with Crippen LogP contribution in [0.1, 0.15) is 6.92 Å². The Kier molecular flexibility index (Phi) is 4.16. The number of nitrogens with two attached hydrogens (primary N) is 1. The van der Waals surface area contributed by atoms with E-state index in [1.807, 2.05) is 9.24 Å². The van der Waals surface area contributed by atoms with E-state index in [0.717, 1.165) is 0 Å². The molecule has 1 amide bonds. The highest BCUT2D eigenvalue weighted by molar-refractivity contribution is 7.40. The first-order chi connectivity index (χ1) is 4.57. The molecule has 0 fully saturated rings. The van der Waals surface area contributed by atoms with Gasteiger partial charge in [-0.2, -0.15) is 0 Å². The third-order valence-electron chi connectivity index (χ3n) is 0.990. The lowest BCUT2D eigenvalue weighted by Gasteiger charge is -2.07. The summed E-state index contributed by atoms with van der Waals surface area (Å²) in [6, 6.07) is -0.457. The fraction of sp³-hybridized carbons (Fsp3) is 0.600. The Hall–Kier alpha value is -0.470. The molecule has 0 rings (SSSR count). The molecule has 0 saturated carbocycles. The highest BCUT2D eigenvalue weighted by Gasteiger charge is 2.08. The Morgan fingerprint density at radius 2 is 2.20 bits per heavy atom. The molecule has 4 nitrogen and oxygen atoms in total. The van der Waals surface area contributed by atoms with Crippen LogP contribution in [0.3, 0.4) is 0 Å². The van der Waals surface area contributed by atoms with Crippen LogP contribution >= 0.6 is 9.24 Å². The molecular weight excluding hydrogens is 151 g/mol. The van der Waals surface area contributed by atoms with E-state index in [-0.39, 0.29) is 18.0 Å². The maximum absolute atomic E-state index is 10.5. The van der Waals surface area contributed by atoms with Crippen LogP contribution in [0, 0.1) is 0 Å². The smallest absolute Gasteiger partial charge is 0.234 e. The first-order valence-corrected chi connectivity index (χ1v) is 3.44. The van der Waals surface area contributed by atoms with Crippen molar-refractivity contribution in [2.24, 2.45) is 5.73 Å². The summed E-state index contributed by atoms with van der Waals surface area (Å²) < 4.78 is 0. The SMILES string of the molecule is C[C@H](NC(=O)CN)C(=O)P. The van der Waals surface area contributed by atoms with Gasteiger partial charge >= 0.3 is 0 Å². The van der Waals surface area contributed by atoms with Crippen LogP contribution in [0.15, 0.2) is 0 Å². The van der Waals surface area contributed by atoms with Gasteiger partial charge in [0.1, 0.15) is 0 Å². The summed E-state index contributed by atoms with van der Waals surface area (Å²) in [6.07, 6.45) is 0. The molecule has 2 atom stereocenters. The summed E-state index contributed by atoms with van der Waals surface area (Å²) in [7, 11) is 1.99. The second kappa shape index (κ2) is 4.36. The molecular formula is C5H11N2O2P. The van der Waals surface area contributed by atoms with E-state index >= 15 is 0 Å². The Bertz CT molecular complexity index is 149. The third kappa shape index (κ3) is 3.54. The number of hydrogen-bond acceptors (Lipinski definition) is 3. The fourth-order valence-electron chi connectivity index (χ4n) is 0.372. The number of carbonyl (C=O) groups excluding carboxylic acids is 2. The van der Waals surface area contributed by atoms with Crippen molar-refractivity contribution in [2.45, 2.75) is 13.0 Å². The third-order valence-corrected chi connectivity index (χ3v) is 1.49. The van der Waals surface area contributed by atoms with Crippen LogP contribution in [0.2, 0.25) is 0 Å². The maximum atomic E-state index is 10.5. The zero-order valence-electron chi connectivity index (χ0n) is 5.76. The molecule has 0 heterocycles. The van der Waals surface area contributed by atoms with Gasteiger partial charge in [0.25, 0.3) is 0 Å². The average Bonchev–Trinajstić information content (AvgIpc) is 1.87. The van der Waals surface area contributed by atoms with E-state index in [2.05, 4.69) is 5.32 Å². The maximum Gasteiger partial charge on any atom is 0.234 e. The lowest BCUT2D eigenvalue weighted by atomic mass is 10.4. The van der Waals surface area contributed by atoms with Gasteiger partial charge in [0.15, 0.2) is 5.52 Å². The molecule has 5 heteroatoms. The lowest BCUT2D eigenvalue weighted by Crippen LogP contribution is -2.39. The van der Waals surface area contributed by atoms with Crippen molar-refractivity contribution >= 4 is 20.7 Å². The molecule has 0 aliphatic rings. The van der Waals surface area contributed by atoms with Gasteiger partial charge in [-0.3, -0.25) is 9.59 Å². The minimum atomic E-state index is -0.457. The number of amides is 1. The van der Waals surface area contributed by atoms with Gasteiger partial charge in [0, 0.05) is 0 Å². The predicted molar refractivity (Wildman–Crippen MR) is 41.4 cm³/mol. The number of carbonyl (C=O) groups is 2. The normalized spacial score (nSPS) is 12.3. The Labute approximate surface area is 61.7 Å². The standard InChI is InChI=1S/C5H11N2O2P/c1-3(5(9)10)7-4(8)2-6/h3H,2,6,10H2,1H3,(H,7,8)/t3-/m0/s1. The van der Waals surface area contributed by atoms with E-state index in [0.29, 0.717) is 0 Å². The van der Waals surface area contributed by atoms with Gasteiger partial charge in [-0.05, 0) is 6.92 Å². The molecule has 1 unspecified atom stereocenters. The molecule has 0 radical (unpaired) electrons. The summed E-state index contributed by atoms with van der Waals surface area (Å²) in [5, 5.41) is 2.39. The monoisotopic (exact) mass is 162 g/mol. The van der Waals surface area contributed by atoms with Crippen LogP contribution in [0.5, 0.6) is 0 Å². The van der Waals surface area contributed by atoms with E-state index in [1.54, 1.807) is 6.92 Å². The molecule has 0 saturated heterocycles. The first-order valence-electron chi connectivity index (χ1n) is 2.86. The minimum Gasteiger partial charge on any atom is -0.345 e. The molecule has 58 valence electrons. The molecule has 0 aliphatic heterocycles. The summed E-state index contributed by atoms with van der Waals surface area (Å²) >= 11 is 0. The zero-order chi connectivity index (χ0) is 8.15. The molecule has 10 heavy (non-hydrogen) atoms. The van der Waals surface area contributed by atoms with Crippen molar-refractivity contribution in [3.8, 4) is 0 Å². The highest BCUT2D eigenvalue weighted by atomic mass is 31.0. The molecule has 0 aromatic rings. The van der Waals surface area contributed by atoms with Crippen LogP contribution in [-0.4, -0.2) is 24.0 Å². The largest absolute Gasteiger partial charge is 0.345 e. The molecule has 3 N–H and O–H groups in total. The number of rotatable bonds is 3. The van der Waals surface area contributed by atoms with Crippen molar-refractivity contribution < 1.29 is 9.59 Å². The lowest BCUT2D eigenvalue weighted by molar-refractivity contribution is -0.123. The van der Waals surface area contributed by atoms with Crippen molar-refractivity contribution in [3.05, 3.63) is 0 Å². The van der Waals surface area contributed by atoms with Gasteiger partial charge < -0.3 is 11.1 Å². The predicted octanol–water partition coefficient (Wildman–Crippen LogP) is -1.15. The number of nitrogens with one attached hydrogen (secondary N) is 1. The molecule has 0 aliphatic carbocycles. The zero-order valence-corrected chi connectivity index (χ0v) is 6.91. The Balaban J connectivity index is 3.68.